The van der Waals surface area contributed by atoms with Crippen LogP contribution in [0.1, 0.15) is 38.5 Å². The molecule has 72 valence electrons. The third kappa shape index (κ3) is 2.76. The standard InChI is InChI=1S/C10H22N2/c11-7-3-6-9-4-1-2-5-10(9)8-12/h9-10H,1-8,11-12H2. The zero-order chi connectivity index (χ0) is 8.81. The normalized spacial score (nSPS) is 30.5. The molecular formula is C10H22N2. The van der Waals surface area contributed by atoms with Crippen LogP contribution < -0.4 is 11.5 Å². The van der Waals surface area contributed by atoms with Crippen LogP contribution in [0, 0.1) is 11.8 Å². The van der Waals surface area contributed by atoms with Gasteiger partial charge in [-0.2, -0.15) is 0 Å². The first kappa shape index (κ1) is 10.0. The first-order valence-corrected chi connectivity index (χ1v) is 5.28. The Balaban J connectivity index is 2.26. The van der Waals surface area contributed by atoms with Crippen molar-refractivity contribution in [1.29, 1.82) is 0 Å². The van der Waals surface area contributed by atoms with Crippen LogP contribution >= 0.6 is 0 Å². The van der Waals surface area contributed by atoms with E-state index in [0.29, 0.717) is 0 Å². The average molecular weight is 170 g/mol. The predicted molar refractivity (Wildman–Crippen MR) is 52.8 cm³/mol. The molecule has 2 unspecified atom stereocenters. The van der Waals surface area contributed by atoms with Gasteiger partial charge in [0.1, 0.15) is 0 Å². The first-order valence-electron chi connectivity index (χ1n) is 5.28. The molecule has 1 fully saturated rings. The monoisotopic (exact) mass is 170 g/mol. The maximum absolute atomic E-state index is 5.73. The summed E-state index contributed by atoms with van der Waals surface area (Å²) in [6.45, 7) is 1.73. The minimum atomic E-state index is 0.797. The van der Waals surface area contributed by atoms with Crippen LogP contribution in [0.2, 0.25) is 0 Å². The van der Waals surface area contributed by atoms with E-state index in [1.165, 1.54) is 38.5 Å². The number of hydrogen-bond acceptors (Lipinski definition) is 2. The van der Waals surface area contributed by atoms with Gasteiger partial charge in [-0.25, -0.2) is 0 Å². The molecule has 0 radical (unpaired) electrons. The van der Waals surface area contributed by atoms with Crippen molar-refractivity contribution in [1.82, 2.24) is 0 Å². The van der Waals surface area contributed by atoms with Crippen molar-refractivity contribution in [3.63, 3.8) is 0 Å². The molecule has 1 aliphatic rings. The Hall–Kier alpha value is -0.0800. The summed E-state index contributed by atoms with van der Waals surface area (Å²) in [5.74, 6) is 1.68. The van der Waals surface area contributed by atoms with Crippen molar-refractivity contribution >= 4 is 0 Å². The van der Waals surface area contributed by atoms with Gasteiger partial charge in [0.05, 0.1) is 0 Å². The van der Waals surface area contributed by atoms with Gasteiger partial charge in [0, 0.05) is 0 Å². The molecule has 0 aromatic carbocycles. The Morgan fingerprint density at radius 2 is 1.67 bits per heavy atom. The highest BCUT2D eigenvalue weighted by Crippen LogP contribution is 2.32. The molecule has 1 aliphatic carbocycles. The fourth-order valence-corrected chi connectivity index (χ4v) is 2.35. The second-order valence-electron chi connectivity index (χ2n) is 3.97. The van der Waals surface area contributed by atoms with E-state index in [1.54, 1.807) is 0 Å². The van der Waals surface area contributed by atoms with E-state index < -0.39 is 0 Å². The van der Waals surface area contributed by atoms with Gasteiger partial charge in [-0.15, -0.1) is 0 Å². The van der Waals surface area contributed by atoms with Gasteiger partial charge in [-0.1, -0.05) is 19.3 Å². The molecule has 2 nitrogen and oxygen atoms in total. The molecule has 1 rings (SSSR count). The molecule has 0 heterocycles. The predicted octanol–water partition coefficient (Wildman–Crippen LogP) is 1.49. The van der Waals surface area contributed by atoms with E-state index in [1.807, 2.05) is 0 Å². The van der Waals surface area contributed by atoms with Crippen LogP contribution in [-0.2, 0) is 0 Å². The zero-order valence-corrected chi connectivity index (χ0v) is 7.97. The summed E-state index contributed by atoms with van der Waals surface area (Å²) in [5, 5.41) is 0. The highest BCUT2D eigenvalue weighted by Gasteiger charge is 2.22. The van der Waals surface area contributed by atoms with Gasteiger partial charge in [0.25, 0.3) is 0 Å². The summed E-state index contributed by atoms with van der Waals surface area (Å²) in [6.07, 6.45) is 8.03. The van der Waals surface area contributed by atoms with Crippen LogP contribution in [0.15, 0.2) is 0 Å². The Labute approximate surface area is 75.7 Å². The van der Waals surface area contributed by atoms with Gasteiger partial charge >= 0.3 is 0 Å². The molecular weight excluding hydrogens is 148 g/mol. The zero-order valence-electron chi connectivity index (χ0n) is 7.97. The quantitative estimate of drug-likeness (QED) is 0.671. The molecule has 2 atom stereocenters. The maximum atomic E-state index is 5.73. The topological polar surface area (TPSA) is 52.0 Å². The fraction of sp³-hybridized carbons (Fsp3) is 1.00. The van der Waals surface area contributed by atoms with Crippen molar-refractivity contribution in [3.05, 3.63) is 0 Å². The molecule has 1 saturated carbocycles. The van der Waals surface area contributed by atoms with Gasteiger partial charge in [0.15, 0.2) is 0 Å². The molecule has 0 aromatic heterocycles. The van der Waals surface area contributed by atoms with Crippen molar-refractivity contribution in [2.24, 2.45) is 23.3 Å². The van der Waals surface area contributed by atoms with Crippen molar-refractivity contribution in [3.8, 4) is 0 Å². The molecule has 4 N–H and O–H groups in total. The summed E-state index contributed by atoms with van der Waals surface area (Å²) < 4.78 is 0. The Bertz CT molecular complexity index is 114. The average Bonchev–Trinajstić information content (AvgIpc) is 2.15. The highest BCUT2D eigenvalue weighted by atomic mass is 14.6. The first-order chi connectivity index (χ1) is 5.88. The Morgan fingerprint density at radius 1 is 1.00 bits per heavy atom. The SMILES string of the molecule is NCCCC1CCCCC1CN. The molecule has 0 aliphatic heterocycles. The van der Waals surface area contributed by atoms with Crippen LogP contribution in [0.4, 0.5) is 0 Å². The lowest BCUT2D eigenvalue weighted by Gasteiger charge is -2.30. The largest absolute Gasteiger partial charge is 0.330 e. The summed E-state index contributed by atoms with van der Waals surface area (Å²) in [5.41, 5.74) is 11.2. The van der Waals surface area contributed by atoms with Crippen molar-refractivity contribution < 1.29 is 0 Å². The number of rotatable bonds is 4. The second-order valence-corrected chi connectivity index (χ2v) is 3.97. The van der Waals surface area contributed by atoms with Gasteiger partial charge in [0.2, 0.25) is 0 Å². The van der Waals surface area contributed by atoms with E-state index in [-0.39, 0.29) is 0 Å². The molecule has 0 saturated heterocycles. The van der Waals surface area contributed by atoms with Crippen molar-refractivity contribution in [2.45, 2.75) is 38.5 Å². The molecule has 0 bridgehead atoms. The number of hydrogen-bond donors (Lipinski definition) is 2. The third-order valence-electron chi connectivity index (χ3n) is 3.15. The Kier molecular flexibility index (Phi) is 4.62. The lowest BCUT2D eigenvalue weighted by Crippen LogP contribution is -2.27. The lowest BCUT2D eigenvalue weighted by atomic mass is 9.77. The molecule has 2 heteroatoms. The van der Waals surface area contributed by atoms with Gasteiger partial charge < -0.3 is 11.5 Å². The van der Waals surface area contributed by atoms with Crippen LogP contribution in [0.25, 0.3) is 0 Å². The second kappa shape index (κ2) is 5.55. The van der Waals surface area contributed by atoms with E-state index in [2.05, 4.69) is 0 Å². The van der Waals surface area contributed by atoms with E-state index in [9.17, 15) is 0 Å². The third-order valence-corrected chi connectivity index (χ3v) is 3.15. The van der Waals surface area contributed by atoms with Gasteiger partial charge in [-0.05, 0) is 44.2 Å². The maximum Gasteiger partial charge on any atom is -0.00462 e. The van der Waals surface area contributed by atoms with Crippen LogP contribution in [0.3, 0.4) is 0 Å². The minimum absolute atomic E-state index is 0.797. The Morgan fingerprint density at radius 3 is 2.25 bits per heavy atom. The van der Waals surface area contributed by atoms with E-state index >= 15 is 0 Å². The molecule has 12 heavy (non-hydrogen) atoms. The lowest BCUT2D eigenvalue weighted by molar-refractivity contribution is 0.227. The van der Waals surface area contributed by atoms with Crippen LogP contribution in [0.5, 0.6) is 0 Å². The summed E-state index contributed by atoms with van der Waals surface area (Å²) >= 11 is 0. The molecule has 0 spiro atoms. The molecule has 0 amide bonds. The number of nitrogens with two attached hydrogens (primary N) is 2. The fourth-order valence-electron chi connectivity index (χ4n) is 2.35. The summed E-state index contributed by atoms with van der Waals surface area (Å²) in [7, 11) is 0. The van der Waals surface area contributed by atoms with Crippen LogP contribution in [-0.4, -0.2) is 13.1 Å². The minimum Gasteiger partial charge on any atom is -0.330 e. The smallest absolute Gasteiger partial charge is 0.00462 e. The summed E-state index contributed by atoms with van der Waals surface area (Å²) in [4.78, 5) is 0. The van der Waals surface area contributed by atoms with Gasteiger partial charge in [-0.3, -0.25) is 0 Å². The van der Waals surface area contributed by atoms with Crippen molar-refractivity contribution in [2.75, 3.05) is 13.1 Å². The van der Waals surface area contributed by atoms with E-state index in [0.717, 1.165) is 24.9 Å². The highest BCUT2D eigenvalue weighted by molar-refractivity contribution is 4.75. The van der Waals surface area contributed by atoms with E-state index in [4.69, 9.17) is 11.5 Å². The summed E-state index contributed by atoms with van der Waals surface area (Å²) in [6, 6.07) is 0. The molecule has 0 aromatic rings.